The molecule has 1 unspecified atom stereocenters. The van der Waals surface area contributed by atoms with Gasteiger partial charge in [-0.15, -0.1) is 0 Å². The first-order chi connectivity index (χ1) is 7.56. The first kappa shape index (κ1) is 12.8. The molecular weight excluding hydrogens is 210 g/mol. The Morgan fingerprint density at radius 1 is 1.69 bits per heavy atom. The van der Waals surface area contributed by atoms with Crippen LogP contribution >= 0.6 is 0 Å². The number of nitrogens with two attached hydrogens (primary N) is 1. The molecule has 0 aromatic heterocycles. The molecule has 1 fully saturated rings. The molecule has 0 spiro atoms. The van der Waals surface area contributed by atoms with Crippen molar-refractivity contribution in [3.63, 3.8) is 0 Å². The SMILES string of the molecule is COCC(C)CNC(=O)C1(C(N)=NO)CC1. The number of carbonyl (C=O) groups excluding carboxylic acids is 1. The van der Waals surface area contributed by atoms with Gasteiger partial charge in [-0.3, -0.25) is 4.79 Å². The van der Waals surface area contributed by atoms with Crippen molar-refractivity contribution < 1.29 is 14.7 Å². The lowest BCUT2D eigenvalue weighted by Crippen LogP contribution is -2.42. The average molecular weight is 229 g/mol. The zero-order chi connectivity index (χ0) is 12.2. The van der Waals surface area contributed by atoms with E-state index < -0.39 is 5.41 Å². The van der Waals surface area contributed by atoms with Crippen LogP contribution in [0.5, 0.6) is 0 Å². The van der Waals surface area contributed by atoms with E-state index in [1.165, 1.54) is 0 Å². The molecule has 92 valence electrons. The highest BCUT2D eigenvalue weighted by Gasteiger charge is 2.54. The molecule has 1 amide bonds. The van der Waals surface area contributed by atoms with Gasteiger partial charge in [-0.05, 0) is 18.8 Å². The van der Waals surface area contributed by atoms with Crippen molar-refractivity contribution in [2.45, 2.75) is 19.8 Å². The van der Waals surface area contributed by atoms with E-state index in [0.717, 1.165) is 0 Å². The van der Waals surface area contributed by atoms with Gasteiger partial charge in [-0.1, -0.05) is 12.1 Å². The van der Waals surface area contributed by atoms with Crippen molar-refractivity contribution in [3.05, 3.63) is 0 Å². The van der Waals surface area contributed by atoms with Gasteiger partial charge in [0.2, 0.25) is 5.91 Å². The second-order valence-electron chi connectivity index (χ2n) is 4.34. The Morgan fingerprint density at radius 3 is 2.75 bits per heavy atom. The molecule has 1 rings (SSSR count). The summed E-state index contributed by atoms with van der Waals surface area (Å²) in [5.41, 5.74) is 4.73. The van der Waals surface area contributed by atoms with Crippen LogP contribution in [-0.2, 0) is 9.53 Å². The van der Waals surface area contributed by atoms with E-state index in [-0.39, 0.29) is 17.7 Å². The molecule has 0 aliphatic heterocycles. The van der Waals surface area contributed by atoms with Crippen LogP contribution in [0.25, 0.3) is 0 Å². The number of carbonyl (C=O) groups is 1. The summed E-state index contributed by atoms with van der Waals surface area (Å²) in [6, 6.07) is 0. The Balaban J connectivity index is 2.42. The van der Waals surface area contributed by atoms with Gasteiger partial charge in [0.15, 0.2) is 5.84 Å². The molecule has 0 aromatic carbocycles. The standard InChI is InChI=1S/C10H19N3O3/c1-7(6-16-2)5-12-9(14)10(3-4-10)8(11)13-15/h7,15H,3-6H2,1-2H3,(H2,11,13)(H,12,14). The lowest BCUT2D eigenvalue weighted by molar-refractivity contribution is -0.124. The molecule has 1 aliphatic carbocycles. The molecule has 0 saturated heterocycles. The summed E-state index contributed by atoms with van der Waals surface area (Å²) in [5, 5.41) is 14.3. The van der Waals surface area contributed by atoms with Crippen LogP contribution in [0.2, 0.25) is 0 Å². The predicted molar refractivity (Wildman–Crippen MR) is 59.1 cm³/mol. The number of nitrogens with one attached hydrogen (secondary N) is 1. The van der Waals surface area contributed by atoms with Crippen molar-refractivity contribution in [3.8, 4) is 0 Å². The highest BCUT2D eigenvalue weighted by molar-refractivity contribution is 6.09. The Bertz CT molecular complexity index is 287. The Labute approximate surface area is 94.8 Å². The Hall–Kier alpha value is -1.30. The number of ether oxygens (including phenoxy) is 1. The third-order valence-corrected chi connectivity index (χ3v) is 2.84. The number of rotatable bonds is 6. The molecule has 1 saturated carbocycles. The van der Waals surface area contributed by atoms with Crippen LogP contribution in [0, 0.1) is 11.3 Å². The lowest BCUT2D eigenvalue weighted by atomic mass is 10.0. The number of nitrogens with zero attached hydrogens (tertiary/aromatic N) is 1. The van der Waals surface area contributed by atoms with E-state index in [4.69, 9.17) is 15.7 Å². The Morgan fingerprint density at radius 2 is 2.31 bits per heavy atom. The number of amidine groups is 1. The summed E-state index contributed by atoms with van der Waals surface area (Å²) in [4.78, 5) is 11.8. The van der Waals surface area contributed by atoms with Crippen LogP contribution in [0.1, 0.15) is 19.8 Å². The van der Waals surface area contributed by atoms with Crippen LogP contribution < -0.4 is 11.1 Å². The highest BCUT2D eigenvalue weighted by atomic mass is 16.5. The van der Waals surface area contributed by atoms with Crippen molar-refractivity contribution >= 4 is 11.7 Å². The van der Waals surface area contributed by atoms with Crippen molar-refractivity contribution in [1.82, 2.24) is 5.32 Å². The Kier molecular flexibility index (Phi) is 4.12. The summed E-state index contributed by atoms with van der Waals surface area (Å²) in [7, 11) is 1.62. The van der Waals surface area contributed by atoms with Gasteiger partial charge < -0.3 is 21.0 Å². The molecular formula is C10H19N3O3. The van der Waals surface area contributed by atoms with Gasteiger partial charge in [-0.2, -0.15) is 0 Å². The topological polar surface area (TPSA) is 96.9 Å². The lowest BCUT2D eigenvalue weighted by Gasteiger charge is -2.16. The van der Waals surface area contributed by atoms with Crippen molar-refractivity contribution in [2.24, 2.45) is 22.2 Å². The van der Waals surface area contributed by atoms with E-state index in [1.54, 1.807) is 7.11 Å². The van der Waals surface area contributed by atoms with Crippen molar-refractivity contribution in [2.75, 3.05) is 20.3 Å². The maximum atomic E-state index is 11.8. The molecule has 1 aliphatic rings. The predicted octanol–water partition coefficient (Wildman–Crippen LogP) is -0.0883. The van der Waals surface area contributed by atoms with Gasteiger partial charge >= 0.3 is 0 Å². The van der Waals surface area contributed by atoms with Gasteiger partial charge in [-0.25, -0.2) is 0 Å². The zero-order valence-corrected chi connectivity index (χ0v) is 9.69. The third kappa shape index (κ3) is 2.63. The second kappa shape index (κ2) is 5.16. The van der Waals surface area contributed by atoms with E-state index in [0.29, 0.717) is 26.0 Å². The molecule has 6 nitrogen and oxygen atoms in total. The van der Waals surface area contributed by atoms with E-state index in [9.17, 15) is 4.79 Å². The minimum Gasteiger partial charge on any atom is -0.409 e. The summed E-state index contributed by atoms with van der Waals surface area (Å²) < 4.78 is 4.97. The zero-order valence-electron chi connectivity index (χ0n) is 9.69. The first-order valence-corrected chi connectivity index (χ1v) is 5.32. The van der Waals surface area contributed by atoms with Gasteiger partial charge in [0, 0.05) is 13.7 Å². The van der Waals surface area contributed by atoms with E-state index in [1.807, 2.05) is 6.92 Å². The smallest absolute Gasteiger partial charge is 0.233 e. The van der Waals surface area contributed by atoms with Crippen LogP contribution in [0.3, 0.4) is 0 Å². The molecule has 16 heavy (non-hydrogen) atoms. The molecule has 0 heterocycles. The van der Waals surface area contributed by atoms with E-state index in [2.05, 4.69) is 10.5 Å². The van der Waals surface area contributed by atoms with Crippen LogP contribution in [0.4, 0.5) is 0 Å². The average Bonchev–Trinajstić information content (AvgIpc) is 3.06. The summed E-state index contributed by atoms with van der Waals surface area (Å²) >= 11 is 0. The van der Waals surface area contributed by atoms with Gasteiger partial charge in [0.25, 0.3) is 0 Å². The molecule has 0 aromatic rings. The van der Waals surface area contributed by atoms with Crippen LogP contribution in [0.15, 0.2) is 5.16 Å². The highest BCUT2D eigenvalue weighted by Crippen LogP contribution is 2.45. The quantitative estimate of drug-likeness (QED) is 0.257. The van der Waals surface area contributed by atoms with Crippen LogP contribution in [-0.4, -0.2) is 37.2 Å². The van der Waals surface area contributed by atoms with Gasteiger partial charge in [0.1, 0.15) is 5.41 Å². The van der Waals surface area contributed by atoms with Crippen molar-refractivity contribution in [1.29, 1.82) is 0 Å². The fourth-order valence-corrected chi connectivity index (χ4v) is 1.60. The third-order valence-electron chi connectivity index (χ3n) is 2.84. The van der Waals surface area contributed by atoms with Gasteiger partial charge in [0.05, 0.1) is 6.61 Å². The number of hydrogen-bond acceptors (Lipinski definition) is 4. The molecule has 0 radical (unpaired) electrons. The number of hydrogen-bond donors (Lipinski definition) is 3. The summed E-state index contributed by atoms with van der Waals surface area (Å²) in [5.74, 6) is 0.0900. The fraction of sp³-hybridized carbons (Fsp3) is 0.800. The number of methoxy groups -OCH3 is 1. The normalized spacial score (nSPS) is 20.2. The number of oxime groups is 1. The first-order valence-electron chi connectivity index (χ1n) is 5.32. The fourth-order valence-electron chi connectivity index (χ4n) is 1.60. The molecule has 0 bridgehead atoms. The minimum atomic E-state index is -0.762. The minimum absolute atomic E-state index is 0.00407. The monoisotopic (exact) mass is 229 g/mol. The maximum Gasteiger partial charge on any atom is 0.233 e. The molecule has 1 atom stereocenters. The molecule has 6 heteroatoms. The largest absolute Gasteiger partial charge is 0.409 e. The summed E-state index contributed by atoms with van der Waals surface area (Å²) in [6.07, 6.45) is 1.29. The second-order valence-corrected chi connectivity index (χ2v) is 4.34. The maximum absolute atomic E-state index is 11.8. The molecule has 4 N–H and O–H groups in total. The summed E-state index contributed by atoms with van der Waals surface area (Å²) in [6.45, 7) is 3.11. The van der Waals surface area contributed by atoms with E-state index >= 15 is 0 Å². The number of amides is 1.